The number of aromatic nitrogens is 2. The lowest BCUT2D eigenvalue weighted by molar-refractivity contribution is 0.0664. The molecule has 0 aliphatic carbocycles. The van der Waals surface area contributed by atoms with Crippen LogP contribution in [0.3, 0.4) is 0 Å². The zero-order chi connectivity index (χ0) is 27.2. The molecule has 0 saturated heterocycles. The molecular weight excluding hydrogens is 557 g/mol. The normalized spacial score (nSPS) is 18.2. The number of anilines is 1. The molecule has 5 aromatic rings. The van der Waals surface area contributed by atoms with Gasteiger partial charge in [0.1, 0.15) is 10.6 Å². The molecule has 7 rings (SSSR count). The minimum absolute atomic E-state index is 0.179. The average molecular weight is 581 g/mol. The van der Waals surface area contributed by atoms with Crippen molar-refractivity contribution in [2.45, 2.75) is 22.1 Å². The third-order valence-electron chi connectivity index (χ3n) is 7.32. The first-order valence-electron chi connectivity index (χ1n) is 13.0. The highest BCUT2D eigenvalue weighted by atomic mass is 32.2. The molecule has 2 N–H and O–H groups in total. The van der Waals surface area contributed by atoms with Crippen molar-refractivity contribution in [3.8, 4) is 0 Å². The summed E-state index contributed by atoms with van der Waals surface area (Å²) in [6, 6.07) is 28.2. The first-order chi connectivity index (χ1) is 19.6. The summed E-state index contributed by atoms with van der Waals surface area (Å²) in [5.74, 6) is 0.470. The molecule has 0 spiro atoms. The van der Waals surface area contributed by atoms with Crippen molar-refractivity contribution in [3.63, 3.8) is 0 Å². The van der Waals surface area contributed by atoms with Gasteiger partial charge in [0.2, 0.25) is 0 Å². The van der Waals surface area contributed by atoms with Crippen LogP contribution in [0, 0.1) is 0 Å². The molecule has 6 nitrogen and oxygen atoms in total. The molecule has 9 heteroatoms. The highest BCUT2D eigenvalue weighted by Crippen LogP contribution is 2.55. The lowest BCUT2D eigenvalue weighted by atomic mass is 9.98. The predicted octanol–water partition coefficient (Wildman–Crippen LogP) is 6.78. The third kappa shape index (κ3) is 4.38. The van der Waals surface area contributed by atoms with Gasteiger partial charge in [-0.15, -0.1) is 23.1 Å². The van der Waals surface area contributed by atoms with E-state index in [1.807, 2.05) is 17.8 Å². The molecule has 0 bridgehead atoms. The number of thioether (sulfide) groups is 2. The van der Waals surface area contributed by atoms with Crippen molar-refractivity contribution in [2.75, 3.05) is 18.0 Å². The van der Waals surface area contributed by atoms with Crippen molar-refractivity contribution in [1.82, 2.24) is 14.9 Å². The first-order valence-corrected chi connectivity index (χ1v) is 15.7. The number of rotatable bonds is 6. The lowest BCUT2D eigenvalue weighted by Gasteiger charge is -2.30. The van der Waals surface area contributed by atoms with Gasteiger partial charge < -0.3 is 5.73 Å². The standard InChI is InChI=1S/C31H24N4O2S3/c32-27-24-22-17-23(18-9-3-1-4-10-18)39-25(19-11-5-2-6-12-19)26(22)40-28(24)34-31(33-27)38-16-15-35-29(36)20-13-7-8-14-21(20)30(35)37/h1-14,23,25H,15-17H2,(H2,32,33,34)/t23-,25+/m0/s1. The molecule has 198 valence electrons. The van der Waals surface area contributed by atoms with Gasteiger partial charge in [-0.05, 0) is 35.2 Å². The second-order valence-electron chi connectivity index (χ2n) is 9.70. The quantitative estimate of drug-likeness (QED) is 0.134. The van der Waals surface area contributed by atoms with Crippen LogP contribution in [0.5, 0.6) is 0 Å². The van der Waals surface area contributed by atoms with E-state index in [-0.39, 0.29) is 23.6 Å². The number of amides is 2. The SMILES string of the molecule is Nc1nc(SCCN2C(=O)c3ccccc3C2=O)nc2sc3c(c12)C[C@@H](c1ccccc1)S[C@@H]3c1ccccc1. The van der Waals surface area contributed by atoms with Crippen LogP contribution in [0.4, 0.5) is 5.82 Å². The maximum atomic E-state index is 12.7. The Hall–Kier alpha value is -3.66. The van der Waals surface area contributed by atoms with E-state index in [0.717, 1.165) is 16.6 Å². The minimum Gasteiger partial charge on any atom is -0.383 e. The van der Waals surface area contributed by atoms with Crippen LogP contribution < -0.4 is 5.73 Å². The van der Waals surface area contributed by atoms with Crippen LogP contribution in [0.25, 0.3) is 10.2 Å². The highest BCUT2D eigenvalue weighted by Gasteiger charge is 2.36. The van der Waals surface area contributed by atoms with Crippen LogP contribution in [0.1, 0.15) is 52.8 Å². The summed E-state index contributed by atoms with van der Waals surface area (Å²) in [6.45, 7) is 0.282. The Bertz CT molecular complexity index is 1720. The molecule has 0 radical (unpaired) electrons. The van der Waals surface area contributed by atoms with Gasteiger partial charge in [0.15, 0.2) is 5.16 Å². The molecule has 40 heavy (non-hydrogen) atoms. The van der Waals surface area contributed by atoms with Gasteiger partial charge in [-0.1, -0.05) is 84.6 Å². The van der Waals surface area contributed by atoms with Crippen molar-refractivity contribution in [2.24, 2.45) is 0 Å². The van der Waals surface area contributed by atoms with E-state index in [0.29, 0.717) is 33.1 Å². The average Bonchev–Trinajstić information content (AvgIpc) is 3.48. The number of hydrogen-bond acceptors (Lipinski definition) is 8. The second-order valence-corrected chi connectivity index (χ2v) is 13.1. The lowest BCUT2D eigenvalue weighted by Crippen LogP contribution is -2.31. The fourth-order valence-corrected chi connectivity index (χ4v) is 9.27. The zero-order valence-corrected chi connectivity index (χ0v) is 23.8. The zero-order valence-electron chi connectivity index (χ0n) is 21.3. The Morgan fingerprint density at radius 1 is 0.850 bits per heavy atom. The maximum Gasteiger partial charge on any atom is 0.261 e. The largest absolute Gasteiger partial charge is 0.383 e. The number of thiophene rings is 1. The number of nitrogen functional groups attached to an aromatic ring is 1. The summed E-state index contributed by atoms with van der Waals surface area (Å²) >= 11 is 5.08. The number of benzene rings is 3. The van der Waals surface area contributed by atoms with Crippen molar-refractivity contribution in [1.29, 1.82) is 0 Å². The molecule has 2 aliphatic rings. The van der Waals surface area contributed by atoms with E-state index >= 15 is 0 Å². The minimum atomic E-state index is -0.250. The molecule has 3 aromatic carbocycles. The topological polar surface area (TPSA) is 89.2 Å². The Morgan fingerprint density at radius 2 is 1.48 bits per heavy atom. The Morgan fingerprint density at radius 3 is 2.15 bits per heavy atom. The van der Waals surface area contributed by atoms with Crippen molar-refractivity contribution >= 4 is 62.7 Å². The van der Waals surface area contributed by atoms with Crippen LogP contribution in [0.15, 0.2) is 90.1 Å². The molecule has 2 atom stereocenters. The predicted molar refractivity (Wildman–Crippen MR) is 163 cm³/mol. The van der Waals surface area contributed by atoms with E-state index in [1.165, 1.54) is 38.2 Å². The number of fused-ring (bicyclic) bond motifs is 4. The van der Waals surface area contributed by atoms with Gasteiger partial charge in [-0.2, -0.15) is 0 Å². The molecular formula is C31H24N4O2S3. The van der Waals surface area contributed by atoms with Crippen molar-refractivity contribution < 1.29 is 9.59 Å². The van der Waals surface area contributed by atoms with Gasteiger partial charge in [0.05, 0.1) is 21.8 Å². The fraction of sp³-hybridized carbons (Fsp3) is 0.161. The van der Waals surface area contributed by atoms with Crippen LogP contribution in [0.2, 0.25) is 0 Å². The van der Waals surface area contributed by atoms with E-state index in [1.54, 1.807) is 35.6 Å². The number of carbonyl (C=O) groups is 2. The van der Waals surface area contributed by atoms with Gasteiger partial charge in [-0.3, -0.25) is 14.5 Å². The van der Waals surface area contributed by atoms with Gasteiger partial charge >= 0.3 is 0 Å². The maximum absolute atomic E-state index is 12.7. The molecule has 2 aliphatic heterocycles. The van der Waals surface area contributed by atoms with Crippen LogP contribution in [-0.4, -0.2) is 39.0 Å². The molecule has 0 unspecified atom stereocenters. The van der Waals surface area contributed by atoms with Gasteiger partial charge in [0.25, 0.3) is 11.8 Å². The summed E-state index contributed by atoms with van der Waals surface area (Å²) < 4.78 is 0. The smallest absolute Gasteiger partial charge is 0.261 e. The number of nitrogens with zero attached hydrogens (tertiary/aromatic N) is 3. The second kappa shape index (κ2) is 10.4. The fourth-order valence-electron chi connectivity index (χ4n) is 5.41. The number of imide groups is 1. The Balaban J connectivity index is 1.18. The van der Waals surface area contributed by atoms with E-state index < -0.39 is 0 Å². The highest BCUT2D eigenvalue weighted by molar-refractivity contribution is 8.00. The molecule has 4 heterocycles. The summed E-state index contributed by atoms with van der Waals surface area (Å²) in [7, 11) is 0. The van der Waals surface area contributed by atoms with E-state index in [4.69, 9.17) is 10.7 Å². The number of nitrogens with two attached hydrogens (primary N) is 1. The van der Waals surface area contributed by atoms with Gasteiger partial charge in [-0.25, -0.2) is 9.97 Å². The third-order valence-corrected chi connectivity index (χ3v) is 11.0. The summed E-state index contributed by atoms with van der Waals surface area (Å²) in [4.78, 5) is 38.5. The van der Waals surface area contributed by atoms with E-state index in [2.05, 4.69) is 59.6 Å². The molecule has 2 amide bonds. The number of hydrogen-bond donors (Lipinski definition) is 1. The summed E-state index contributed by atoms with van der Waals surface area (Å²) in [6.07, 6.45) is 0.868. The summed E-state index contributed by atoms with van der Waals surface area (Å²) in [5, 5.41) is 1.99. The monoisotopic (exact) mass is 580 g/mol. The summed E-state index contributed by atoms with van der Waals surface area (Å²) in [5.41, 5.74) is 11.3. The van der Waals surface area contributed by atoms with Crippen molar-refractivity contribution in [3.05, 3.63) is 118 Å². The number of carbonyl (C=O) groups excluding carboxylic acids is 2. The Labute approximate surface area is 244 Å². The molecule has 2 aromatic heterocycles. The van der Waals surface area contributed by atoms with Crippen LogP contribution >= 0.6 is 34.9 Å². The van der Waals surface area contributed by atoms with E-state index in [9.17, 15) is 9.59 Å². The Kier molecular flexibility index (Phi) is 6.57. The van der Waals surface area contributed by atoms with Gasteiger partial charge in [0, 0.05) is 22.4 Å². The van der Waals surface area contributed by atoms with Crippen LogP contribution in [-0.2, 0) is 6.42 Å². The first kappa shape index (κ1) is 25.3. The molecule has 0 saturated carbocycles. The molecule has 0 fully saturated rings.